The summed E-state index contributed by atoms with van der Waals surface area (Å²) in [6, 6.07) is 7.18. The summed E-state index contributed by atoms with van der Waals surface area (Å²) in [5.41, 5.74) is 0.454. The van der Waals surface area contributed by atoms with Crippen molar-refractivity contribution < 1.29 is 42.8 Å². The predicted octanol–water partition coefficient (Wildman–Crippen LogP) is 1.57. The van der Waals surface area contributed by atoms with E-state index < -0.39 is 36.9 Å². The summed E-state index contributed by atoms with van der Waals surface area (Å²) in [7, 11) is 1.45. The van der Waals surface area contributed by atoms with Crippen molar-refractivity contribution >= 4 is 11.7 Å². The Morgan fingerprint density at radius 3 is 2.62 bits per heavy atom. The largest absolute Gasteiger partial charge is 0.493 e. The number of hydrogen-bond donors (Lipinski definition) is 2. The van der Waals surface area contributed by atoms with Gasteiger partial charge in [-0.1, -0.05) is 0 Å². The molecule has 2 aliphatic heterocycles. The lowest BCUT2D eigenvalue weighted by Crippen LogP contribution is -2.67. The fraction of sp³-hybridized carbons (Fsp3) is 0.455. The van der Waals surface area contributed by atoms with Gasteiger partial charge in [-0.3, -0.25) is 9.59 Å². The van der Waals surface area contributed by atoms with Gasteiger partial charge in [0, 0.05) is 12.5 Å². The lowest BCUT2D eigenvalue weighted by molar-refractivity contribution is -0.336. The summed E-state index contributed by atoms with van der Waals surface area (Å²) in [6.45, 7) is 2.89. The molecule has 10 nitrogen and oxygen atoms in total. The molecule has 1 amide bonds. The second-order valence-electron chi connectivity index (χ2n) is 7.58. The van der Waals surface area contributed by atoms with E-state index in [9.17, 15) is 14.7 Å². The number of nitrogens with one attached hydrogen (secondary N) is 1. The average molecular weight is 447 g/mol. The first kappa shape index (κ1) is 22.3. The Kier molecular flexibility index (Phi) is 6.47. The molecule has 1 aromatic heterocycles. The lowest BCUT2D eigenvalue weighted by Gasteiger charge is -2.47. The van der Waals surface area contributed by atoms with Crippen molar-refractivity contribution in [3.05, 3.63) is 47.9 Å². The van der Waals surface area contributed by atoms with E-state index in [-0.39, 0.29) is 24.0 Å². The van der Waals surface area contributed by atoms with Crippen LogP contribution in [0, 0.1) is 0 Å². The van der Waals surface area contributed by atoms with Crippen LogP contribution in [0.25, 0.3) is 0 Å². The van der Waals surface area contributed by atoms with Gasteiger partial charge < -0.3 is 38.5 Å². The number of carbonyl (C=O) groups excluding carboxylic acids is 2. The highest BCUT2D eigenvalue weighted by Crippen LogP contribution is 2.36. The second kappa shape index (κ2) is 9.29. The zero-order valence-electron chi connectivity index (χ0n) is 17.8. The van der Waals surface area contributed by atoms with Gasteiger partial charge >= 0.3 is 0 Å². The first-order chi connectivity index (χ1) is 15.4. The van der Waals surface area contributed by atoms with Gasteiger partial charge in [0.25, 0.3) is 0 Å². The summed E-state index contributed by atoms with van der Waals surface area (Å²) in [4.78, 5) is 23.5. The van der Waals surface area contributed by atoms with Crippen molar-refractivity contribution in [2.75, 3.05) is 13.7 Å². The number of carbonyl (C=O) groups is 2. The number of ketones is 1. The number of rotatable bonds is 6. The van der Waals surface area contributed by atoms with E-state index in [0.29, 0.717) is 17.1 Å². The molecule has 2 aromatic rings. The summed E-state index contributed by atoms with van der Waals surface area (Å²) in [5.74, 6) is 0.558. The Balaban J connectivity index is 1.56. The first-order valence-corrected chi connectivity index (χ1v) is 10.1. The second-order valence-corrected chi connectivity index (χ2v) is 7.58. The number of benzene rings is 1. The Labute approximate surface area is 184 Å². The van der Waals surface area contributed by atoms with Crippen molar-refractivity contribution in [1.29, 1.82) is 0 Å². The standard InChI is InChI=1S/C22H25NO9/c1-11(24)13-6-7-14(16(9-13)27-3)30-22-18(23-12(2)25)19(26)20-17(31-22)10-29-21(32-20)15-5-4-8-28-15/h4-9,17-22,26H,10H2,1-3H3,(H,23,25). The Bertz CT molecular complexity index is 960. The first-order valence-electron chi connectivity index (χ1n) is 10.1. The molecule has 0 radical (unpaired) electrons. The van der Waals surface area contributed by atoms with Crippen LogP contribution in [-0.2, 0) is 19.0 Å². The molecule has 2 saturated heterocycles. The summed E-state index contributed by atoms with van der Waals surface area (Å²) >= 11 is 0. The molecule has 10 heteroatoms. The summed E-state index contributed by atoms with van der Waals surface area (Å²) < 4.78 is 34.2. The van der Waals surface area contributed by atoms with E-state index in [4.69, 9.17) is 28.1 Å². The number of fused-ring (bicyclic) bond motifs is 1. The molecular formula is C22H25NO9. The van der Waals surface area contributed by atoms with Crippen LogP contribution in [0.3, 0.4) is 0 Å². The molecule has 2 N–H and O–H groups in total. The average Bonchev–Trinajstić information content (AvgIpc) is 3.31. The van der Waals surface area contributed by atoms with Crippen molar-refractivity contribution in [2.45, 2.75) is 50.8 Å². The van der Waals surface area contributed by atoms with Gasteiger partial charge in [-0.2, -0.15) is 0 Å². The molecule has 3 heterocycles. The van der Waals surface area contributed by atoms with Crippen LogP contribution in [0.5, 0.6) is 11.5 Å². The highest BCUT2D eigenvalue weighted by atomic mass is 16.8. The molecule has 6 atom stereocenters. The maximum atomic E-state index is 11.8. The molecule has 0 aliphatic carbocycles. The smallest absolute Gasteiger partial charge is 0.223 e. The third kappa shape index (κ3) is 4.49. The van der Waals surface area contributed by atoms with Crippen LogP contribution >= 0.6 is 0 Å². The quantitative estimate of drug-likeness (QED) is 0.635. The van der Waals surface area contributed by atoms with Crippen LogP contribution in [0.4, 0.5) is 0 Å². The maximum Gasteiger partial charge on any atom is 0.223 e. The highest BCUT2D eigenvalue weighted by molar-refractivity contribution is 5.94. The number of aliphatic hydroxyl groups is 1. The Hall–Kier alpha value is -2.92. The van der Waals surface area contributed by atoms with E-state index >= 15 is 0 Å². The topological polar surface area (TPSA) is 126 Å². The van der Waals surface area contributed by atoms with Crippen molar-refractivity contribution in [3.8, 4) is 11.5 Å². The molecule has 172 valence electrons. The van der Waals surface area contributed by atoms with Gasteiger partial charge in [0.2, 0.25) is 18.5 Å². The van der Waals surface area contributed by atoms with Gasteiger partial charge in [0.1, 0.15) is 24.4 Å². The van der Waals surface area contributed by atoms with E-state index in [2.05, 4.69) is 5.32 Å². The minimum Gasteiger partial charge on any atom is -0.493 e. The number of amides is 1. The van der Waals surface area contributed by atoms with Crippen LogP contribution in [0.15, 0.2) is 41.0 Å². The molecule has 2 fully saturated rings. The third-order valence-corrected chi connectivity index (χ3v) is 5.32. The third-order valence-electron chi connectivity index (χ3n) is 5.32. The highest BCUT2D eigenvalue weighted by Gasteiger charge is 2.51. The normalized spacial score (nSPS) is 29.6. The molecule has 6 unspecified atom stereocenters. The summed E-state index contributed by atoms with van der Waals surface area (Å²) in [5, 5.41) is 13.7. The van der Waals surface area contributed by atoms with Gasteiger partial charge in [-0.05, 0) is 37.3 Å². The number of furan rings is 1. The number of hydrogen-bond acceptors (Lipinski definition) is 9. The van der Waals surface area contributed by atoms with Crippen LogP contribution in [0.2, 0.25) is 0 Å². The molecule has 0 spiro atoms. The fourth-order valence-corrected chi connectivity index (χ4v) is 3.76. The van der Waals surface area contributed by atoms with Crippen LogP contribution in [0.1, 0.15) is 36.3 Å². The van der Waals surface area contributed by atoms with E-state index in [0.717, 1.165) is 0 Å². The van der Waals surface area contributed by atoms with Gasteiger partial charge in [-0.25, -0.2) is 0 Å². The summed E-state index contributed by atoms with van der Waals surface area (Å²) in [6.07, 6.45) is -2.99. The Morgan fingerprint density at radius 2 is 1.97 bits per heavy atom. The van der Waals surface area contributed by atoms with Crippen LogP contribution < -0.4 is 14.8 Å². The predicted molar refractivity (Wildman–Crippen MR) is 108 cm³/mol. The van der Waals surface area contributed by atoms with Crippen molar-refractivity contribution in [3.63, 3.8) is 0 Å². The van der Waals surface area contributed by atoms with Gasteiger partial charge in [-0.15, -0.1) is 0 Å². The number of Topliss-reactive ketones (excluding diaryl/α,β-unsaturated/α-hetero) is 1. The monoisotopic (exact) mass is 447 g/mol. The van der Waals surface area contributed by atoms with Gasteiger partial charge in [0.15, 0.2) is 23.0 Å². The molecule has 0 bridgehead atoms. The number of ether oxygens (including phenoxy) is 5. The van der Waals surface area contributed by atoms with E-state index in [1.807, 2.05) is 0 Å². The number of methoxy groups -OCH3 is 1. The minimum atomic E-state index is -1.16. The number of aliphatic hydroxyl groups excluding tert-OH is 1. The molecule has 1 aromatic carbocycles. The zero-order chi connectivity index (χ0) is 22.8. The minimum absolute atomic E-state index is 0.111. The SMILES string of the molecule is COc1cc(C(C)=O)ccc1OC1OC2COC(c3ccco3)OC2C(O)C1NC(C)=O. The Morgan fingerprint density at radius 1 is 1.16 bits per heavy atom. The molecule has 0 saturated carbocycles. The zero-order valence-corrected chi connectivity index (χ0v) is 17.8. The lowest BCUT2D eigenvalue weighted by atomic mass is 9.96. The maximum absolute atomic E-state index is 11.8. The molecule has 32 heavy (non-hydrogen) atoms. The van der Waals surface area contributed by atoms with E-state index in [1.54, 1.807) is 30.3 Å². The van der Waals surface area contributed by atoms with Crippen molar-refractivity contribution in [2.24, 2.45) is 0 Å². The molecular weight excluding hydrogens is 422 g/mol. The van der Waals surface area contributed by atoms with Crippen molar-refractivity contribution in [1.82, 2.24) is 5.32 Å². The fourth-order valence-electron chi connectivity index (χ4n) is 3.76. The van der Waals surface area contributed by atoms with Gasteiger partial charge in [0.05, 0.1) is 20.0 Å². The van der Waals surface area contributed by atoms with E-state index in [1.165, 1.54) is 27.2 Å². The molecule has 4 rings (SSSR count). The van der Waals surface area contributed by atoms with Crippen LogP contribution in [-0.4, -0.2) is 61.2 Å². The molecule has 2 aliphatic rings.